The molecule has 0 unspecified atom stereocenters. The SMILES string of the molecule is COc1ccccc1-c1nc(CSc2n[nH]c(-c3ccc(Cl)cc3)n2)cs1. The molecule has 4 aromatic rings. The smallest absolute Gasteiger partial charge is 0.209 e. The Morgan fingerprint density at radius 1 is 1.11 bits per heavy atom. The number of thiazole rings is 1. The zero-order valence-electron chi connectivity index (χ0n) is 14.3. The number of rotatable bonds is 6. The molecule has 2 heterocycles. The standard InChI is InChI=1S/C19H15ClN4OS2/c1-25-16-5-3-2-4-15(16)18-21-14(10-26-18)11-27-19-22-17(23-24-19)12-6-8-13(20)9-7-12/h2-10H,11H2,1H3,(H,22,23,24). The van der Waals surface area contributed by atoms with Crippen LogP contribution in [0.3, 0.4) is 0 Å². The molecular weight excluding hydrogens is 400 g/mol. The van der Waals surface area contributed by atoms with Crippen LogP contribution in [0.25, 0.3) is 22.0 Å². The summed E-state index contributed by atoms with van der Waals surface area (Å²) >= 11 is 9.07. The largest absolute Gasteiger partial charge is 0.496 e. The second kappa shape index (κ2) is 8.12. The fourth-order valence-electron chi connectivity index (χ4n) is 2.50. The molecule has 2 aromatic heterocycles. The van der Waals surface area contributed by atoms with Crippen molar-refractivity contribution in [3.63, 3.8) is 0 Å². The van der Waals surface area contributed by atoms with Crippen molar-refractivity contribution in [1.29, 1.82) is 0 Å². The van der Waals surface area contributed by atoms with Gasteiger partial charge in [0, 0.05) is 21.7 Å². The fourth-order valence-corrected chi connectivity index (χ4v) is 4.28. The molecule has 0 radical (unpaired) electrons. The van der Waals surface area contributed by atoms with Crippen LogP contribution in [0.5, 0.6) is 5.75 Å². The summed E-state index contributed by atoms with van der Waals surface area (Å²) < 4.78 is 5.42. The minimum atomic E-state index is 0.687. The van der Waals surface area contributed by atoms with E-state index >= 15 is 0 Å². The number of para-hydroxylation sites is 1. The quantitative estimate of drug-likeness (QED) is 0.419. The van der Waals surface area contributed by atoms with Gasteiger partial charge in [0.1, 0.15) is 10.8 Å². The van der Waals surface area contributed by atoms with Crippen molar-refractivity contribution in [1.82, 2.24) is 20.2 Å². The summed E-state index contributed by atoms with van der Waals surface area (Å²) in [4.78, 5) is 9.24. The molecule has 0 saturated carbocycles. The molecule has 8 heteroatoms. The second-order valence-corrected chi connectivity index (χ2v) is 7.84. The Morgan fingerprint density at radius 2 is 1.93 bits per heavy atom. The van der Waals surface area contributed by atoms with Gasteiger partial charge in [0.25, 0.3) is 0 Å². The Kier molecular flexibility index (Phi) is 5.42. The van der Waals surface area contributed by atoms with E-state index in [0.717, 1.165) is 33.4 Å². The number of ether oxygens (including phenoxy) is 1. The summed E-state index contributed by atoms with van der Waals surface area (Å²) in [5.74, 6) is 2.25. The van der Waals surface area contributed by atoms with E-state index in [-0.39, 0.29) is 0 Å². The van der Waals surface area contributed by atoms with Crippen LogP contribution in [0.2, 0.25) is 5.02 Å². The fraction of sp³-hybridized carbons (Fsp3) is 0.105. The van der Waals surface area contributed by atoms with Gasteiger partial charge in [0.15, 0.2) is 5.82 Å². The molecule has 0 spiro atoms. The highest BCUT2D eigenvalue weighted by atomic mass is 35.5. The van der Waals surface area contributed by atoms with Gasteiger partial charge < -0.3 is 4.74 Å². The Hall–Kier alpha value is -2.35. The van der Waals surface area contributed by atoms with Gasteiger partial charge in [-0.25, -0.2) is 9.97 Å². The third-order valence-electron chi connectivity index (χ3n) is 3.82. The number of H-pyrrole nitrogens is 1. The van der Waals surface area contributed by atoms with E-state index in [1.807, 2.05) is 48.5 Å². The second-order valence-electron chi connectivity index (χ2n) is 5.61. The van der Waals surface area contributed by atoms with Crippen LogP contribution in [0.1, 0.15) is 5.69 Å². The molecule has 0 aliphatic rings. The van der Waals surface area contributed by atoms with Crippen molar-refractivity contribution in [3.8, 4) is 27.7 Å². The Balaban J connectivity index is 1.44. The van der Waals surface area contributed by atoms with Crippen molar-refractivity contribution in [3.05, 3.63) is 64.6 Å². The highest BCUT2D eigenvalue weighted by Gasteiger charge is 2.11. The van der Waals surface area contributed by atoms with Crippen molar-refractivity contribution >= 4 is 34.7 Å². The predicted molar refractivity (Wildman–Crippen MR) is 110 cm³/mol. The summed E-state index contributed by atoms with van der Waals surface area (Å²) in [7, 11) is 1.67. The highest BCUT2D eigenvalue weighted by Crippen LogP contribution is 2.33. The van der Waals surface area contributed by atoms with E-state index in [2.05, 4.69) is 20.6 Å². The van der Waals surface area contributed by atoms with E-state index in [1.165, 1.54) is 0 Å². The Morgan fingerprint density at radius 3 is 2.74 bits per heavy atom. The number of thioether (sulfide) groups is 1. The van der Waals surface area contributed by atoms with Gasteiger partial charge in [-0.15, -0.1) is 16.4 Å². The summed E-state index contributed by atoms with van der Waals surface area (Å²) in [6.45, 7) is 0. The lowest BCUT2D eigenvalue weighted by atomic mass is 10.2. The number of benzene rings is 2. The van der Waals surface area contributed by atoms with Crippen LogP contribution in [0, 0.1) is 0 Å². The van der Waals surface area contributed by atoms with Crippen LogP contribution < -0.4 is 4.74 Å². The van der Waals surface area contributed by atoms with Crippen LogP contribution in [0.15, 0.2) is 59.1 Å². The minimum absolute atomic E-state index is 0.687. The molecule has 27 heavy (non-hydrogen) atoms. The molecule has 4 rings (SSSR count). The van der Waals surface area contributed by atoms with Gasteiger partial charge in [-0.05, 0) is 36.4 Å². The number of aromatic amines is 1. The average Bonchev–Trinajstić information content (AvgIpc) is 3.36. The highest BCUT2D eigenvalue weighted by molar-refractivity contribution is 7.98. The first-order valence-electron chi connectivity index (χ1n) is 8.12. The van der Waals surface area contributed by atoms with Crippen LogP contribution in [-0.4, -0.2) is 27.3 Å². The van der Waals surface area contributed by atoms with Gasteiger partial charge in [-0.1, -0.05) is 35.5 Å². The van der Waals surface area contributed by atoms with Gasteiger partial charge in [0.05, 0.1) is 18.4 Å². The molecular formula is C19H15ClN4OS2. The predicted octanol–water partition coefficient (Wildman–Crippen LogP) is 5.55. The maximum atomic E-state index is 5.92. The number of hydrogen-bond acceptors (Lipinski definition) is 6. The van der Waals surface area contributed by atoms with Crippen LogP contribution in [-0.2, 0) is 5.75 Å². The van der Waals surface area contributed by atoms with E-state index < -0.39 is 0 Å². The molecule has 0 saturated heterocycles. The third-order valence-corrected chi connectivity index (χ3v) is 5.88. The molecule has 0 aliphatic heterocycles. The number of hydrogen-bond donors (Lipinski definition) is 1. The van der Waals surface area contributed by atoms with E-state index in [4.69, 9.17) is 21.3 Å². The number of nitrogens with zero attached hydrogens (tertiary/aromatic N) is 3. The normalized spacial score (nSPS) is 10.9. The average molecular weight is 415 g/mol. The van der Waals surface area contributed by atoms with Crippen LogP contribution >= 0.6 is 34.7 Å². The lowest BCUT2D eigenvalue weighted by Crippen LogP contribution is -1.88. The van der Waals surface area contributed by atoms with Crippen molar-refractivity contribution in [2.24, 2.45) is 0 Å². The zero-order chi connectivity index (χ0) is 18.6. The molecule has 0 amide bonds. The lowest BCUT2D eigenvalue weighted by molar-refractivity contribution is 0.416. The number of nitrogens with one attached hydrogen (secondary N) is 1. The summed E-state index contributed by atoms with van der Waals surface area (Å²) in [5, 5.41) is 11.6. The zero-order valence-corrected chi connectivity index (χ0v) is 16.7. The molecule has 5 nitrogen and oxygen atoms in total. The Bertz CT molecular complexity index is 1050. The topological polar surface area (TPSA) is 63.7 Å². The molecule has 1 N–H and O–H groups in total. The molecule has 2 aromatic carbocycles. The Labute approximate surface area is 169 Å². The van der Waals surface area contributed by atoms with Crippen molar-refractivity contribution in [2.45, 2.75) is 10.9 Å². The minimum Gasteiger partial charge on any atom is -0.496 e. The van der Waals surface area contributed by atoms with Crippen molar-refractivity contribution < 1.29 is 4.74 Å². The molecule has 0 atom stereocenters. The van der Waals surface area contributed by atoms with Gasteiger partial charge >= 0.3 is 0 Å². The first kappa shape index (κ1) is 18.0. The van der Waals surface area contributed by atoms with E-state index in [0.29, 0.717) is 15.9 Å². The van der Waals surface area contributed by atoms with Crippen LogP contribution in [0.4, 0.5) is 0 Å². The van der Waals surface area contributed by atoms with Gasteiger partial charge in [0.2, 0.25) is 5.16 Å². The molecule has 136 valence electrons. The lowest BCUT2D eigenvalue weighted by Gasteiger charge is -2.04. The number of halogens is 1. The first-order valence-corrected chi connectivity index (χ1v) is 10.4. The van der Waals surface area contributed by atoms with E-state index in [9.17, 15) is 0 Å². The molecule has 0 aliphatic carbocycles. The summed E-state index contributed by atoms with van der Waals surface area (Å²) in [6, 6.07) is 15.4. The third kappa shape index (κ3) is 4.16. The maximum absolute atomic E-state index is 5.92. The molecule has 0 fully saturated rings. The summed E-state index contributed by atoms with van der Waals surface area (Å²) in [5.41, 5.74) is 2.94. The van der Waals surface area contributed by atoms with Crippen molar-refractivity contribution in [2.75, 3.05) is 7.11 Å². The monoisotopic (exact) mass is 414 g/mol. The van der Waals surface area contributed by atoms with Gasteiger partial charge in [-0.2, -0.15) is 0 Å². The number of aromatic nitrogens is 4. The first-order chi connectivity index (χ1) is 13.2. The summed E-state index contributed by atoms with van der Waals surface area (Å²) in [6.07, 6.45) is 0. The van der Waals surface area contributed by atoms with Gasteiger partial charge in [-0.3, -0.25) is 5.10 Å². The number of methoxy groups -OCH3 is 1. The maximum Gasteiger partial charge on any atom is 0.209 e. The van der Waals surface area contributed by atoms with E-state index in [1.54, 1.807) is 30.2 Å². The molecule has 0 bridgehead atoms.